The molecule has 1 aliphatic carbocycles. The molecular formula is C19H15F4N. The summed E-state index contributed by atoms with van der Waals surface area (Å²) in [5.74, 6) is -0.415. The van der Waals surface area contributed by atoms with Crippen LogP contribution in [-0.2, 0) is 6.18 Å². The lowest BCUT2D eigenvalue weighted by atomic mass is 9.76. The first kappa shape index (κ1) is 15.2. The largest absolute Gasteiger partial charge is 0.416 e. The Kier molecular flexibility index (Phi) is 3.41. The maximum absolute atomic E-state index is 14.2. The lowest BCUT2D eigenvalue weighted by Gasteiger charge is -2.38. The second-order valence-electron chi connectivity index (χ2n) is 6.30. The second kappa shape index (κ2) is 5.36. The van der Waals surface area contributed by atoms with Crippen molar-refractivity contribution in [1.29, 1.82) is 0 Å². The molecule has 2 aromatic carbocycles. The van der Waals surface area contributed by atoms with E-state index in [0.717, 1.165) is 6.07 Å². The van der Waals surface area contributed by atoms with E-state index in [4.69, 9.17) is 0 Å². The van der Waals surface area contributed by atoms with E-state index in [1.54, 1.807) is 18.2 Å². The molecule has 0 radical (unpaired) electrons. The fourth-order valence-electron chi connectivity index (χ4n) is 3.81. The number of anilines is 1. The van der Waals surface area contributed by atoms with Crippen LogP contribution in [0, 0.1) is 11.7 Å². The molecule has 1 N–H and O–H groups in total. The molecule has 0 fully saturated rings. The molecule has 0 aromatic heterocycles. The molecule has 3 atom stereocenters. The molecular weight excluding hydrogens is 318 g/mol. The summed E-state index contributed by atoms with van der Waals surface area (Å²) in [6.45, 7) is 0. The minimum Gasteiger partial charge on any atom is -0.378 e. The summed E-state index contributed by atoms with van der Waals surface area (Å²) >= 11 is 0. The fourth-order valence-corrected chi connectivity index (χ4v) is 3.81. The van der Waals surface area contributed by atoms with E-state index in [0.29, 0.717) is 23.2 Å². The molecule has 0 unspecified atom stereocenters. The molecule has 24 heavy (non-hydrogen) atoms. The smallest absolute Gasteiger partial charge is 0.378 e. The standard InChI is InChI=1S/C19H15F4N/c20-16-7-2-1-4-14(16)18-13-6-3-5-12(13)15-10-11(19(21,22)23)8-9-17(15)24-18/h1-5,7-10,12-13,18,24H,6H2/t12-,13+,18-/m1/s1. The summed E-state index contributed by atoms with van der Waals surface area (Å²) in [4.78, 5) is 0. The number of nitrogens with one attached hydrogen (secondary N) is 1. The zero-order valence-corrected chi connectivity index (χ0v) is 12.6. The van der Waals surface area contributed by atoms with Crippen molar-refractivity contribution in [1.82, 2.24) is 0 Å². The van der Waals surface area contributed by atoms with E-state index in [2.05, 4.69) is 5.32 Å². The molecule has 0 spiro atoms. The Bertz CT molecular complexity index is 809. The molecule has 0 bridgehead atoms. The third-order valence-corrected chi connectivity index (χ3v) is 4.93. The summed E-state index contributed by atoms with van der Waals surface area (Å²) in [5, 5.41) is 3.26. The summed E-state index contributed by atoms with van der Waals surface area (Å²) < 4.78 is 53.2. The monoisotopic (exact) mass is 333 g/mol. The number of hydrogen-bond acceptors (Lipinski definition) is 1. The molecule has 1 heterocycles. The highest BCUT2D eigenvalue weighted by molar-refractivity contribution is 5.61. The zero-order valence-electron chi connectivity index (χ0n) is 12.6. The van der Waals surface area contributed by atoms with Gasteiger partial charge in [0, 0.05) is 17.2 Å². The minimum absolute atomic E-state index is 0.0119. The molecule has 2 aliphatic rings. The highest BCUT2D eigenvalue weighted by Gasteiger charge is 2.40. The van der Waals surface area contributed by atoms with E-state index in [1.165, 1.54) is 18.2 Å². The number of hydrogen-bond donors (Lipinski definition) is 1. The molecule has 124 valence electrons. The van der Waals surface area contributed by atoms with Gasteiger partial charge in [-0.1, -0.05) is 30.4 Å². The van der Waals surface area contributed by atoms with Crippen molar-refractivity contribution < 1.29 is 17.6 Å². The van der Waals surface area contributed by atoms with Gasteiger partial charge in [-0.25, -0.2) is 4.39 Å². The Morgan fingerprint density at radius 3 is 2.54 bits per heavy atom. The first-order valence-corrected chi connectivity index (χ1v) is 7.84. The van der Waals surface area contributed by atoms with Crippen molar-refractivity contribution >= 4 is 5.69 Å². The Hall–Kier alpha value is -2.30. The van der Waals surface area contributed by atoms with Crippen molar-refractivity contribution in [3.05, 3.63) is 77.1 Å². The maximum Gasteiger partial charge on any atom is 0.416 e. The summed E-state index contributed by atoms with van der Waals surface area (Å²) in [6, 6.07) is 10.0. The van der Waals surface area contributed by atoms with E-state index in [-0.39, 0.29) is 23.7 Å². The van der Waals surface area contributed by atoms with Crippen LogP contribution in [0.25, 0.3) is 0 Å². The summed E-state index contributed by atoms with van der Waals surface area (Å²) in [7, 11) is 0. The SMILES string of the molecule is Fc1ccccc1[C@@H]1Nc2ccc(C(F)(F)F)cc2[C@@H]2C=CC[C@@H]21. The van der Waals surface area contributed by atoms with Crippen LogP contribution < -0.4 is 5.32 Å². The van der Waals surface area contributed by atoms with Crippen LogP contribution in [0.1, 0.15) is 35.1 Å². The van der Waals surface area contributed by atoms with E-state index in [1.807, 2.05) is 12.2 Å². The minimum atomic E-state index is -4.37. The van der Waals surface area contributed by atoms with Crippen molar-refractivity contribution in [3.8, 4) is 0 Å². The van der Waals surface area contributed by atoms with Gasteiger partial charge < -0.3 is 5.32 Å². The predicted molar refractivity (Wildman–Crippen MR) is 84.2 cm³/mol. The van der Waals surface area contributed by atoms with Gasteiger partial charge in [-0.3, -0.25) is 0 Å². The third kappa shape index (κ3) is 2.39. The van der Waals surface area contributed by atoms with Gasteiger partial charge in [0.05, 0.1) is 11.6 Å². The van der Waals surface area contributed by atoms with Crippen LogP contribution in [0.3, 0.4) is 0 Å². The van der Waals surface area contributed by atoms with Crippen LogP contribution in [0.5, 0.6) is 0 Å². The second-order valence-corrected chi connectivity index (χ2v) is 6.30. The highest BCUT2D eigenvalue weighted by atomic mass is 19.4. The average molecular weight is 333 g/mol. The topological polar surface area (TPSA) is 12.0 Å². The Morgan fingerprint density at radius 2 is 1.79 bits per heavy atom. The normalized spacial score (nSPS) is 25.1. The van der Waals surface area contributed by atoms with Gasteiger partial charge in [0.25, 0.3) is 0 Å². The van der Waals surface area contributed by atoms with Gasteiger partial charge >= 0.3 is 6.18 Å². The zero-order chi connectivity index (χ0) is 16.9. The van der Waals surface area contributed by atoms with Gasteiger partial charge in [0.2, 0.25) is 0 Å². The average Bonchev–Trinajstić information content (AvgIpc) is 3.03. The van der Waals surface area contributed by atoms with Crippen LogP contribution in [0.4, 0.5) is 23.2 Å². The van der Waals surface area contributed by atoms with E-state index in [9.17, 15) is 17.6 Å². The molecule has 2 aromatic rings. The number of alkyl halides is 3. The molecule has 5 heteroatoms. The molecule has 1 aliphatic heterocycles. The third-order valence-electron chi connectivity index (χ3n) is 4.93. The van der Waals surface area contributed by atoms with E-state index < -0.39 is 11.7 Å². The van der Waals surface area contributed by atoms with Crippen molar-refractivity contribution in [2.45, 2.75) is 24.6 Å². The van der Waals surface area contributed by atoms with Crippen molar-refractivity contribution in [2.24, 2.45) is 5.92 Å². The van der Waals surface area contributed by atoms with Gasteiger partial charge in [0.15, 0.2) is 0 Å². The molecule has 0 saturated heterocycles. The van der Waals surface area contributed by atoms with Crippen LogP contribution in [0.2, 0.25) is 0 Å². The summed E-state index contributed by atoms with van der Waals surface area (Å²) in [5.41, 5.74) is 1.19. The van der Waals surface area contributed by atoms with Gasteiger partial charge in [0.1, 0.15) is 5.82 Å². The van der Waals surface area contributed by atoms with Crippen LogP contribution in [0.15, 0.2) is 54.6 Å². The first-order chi connectivity index (χ1) is 11.4. The van der Waals surface area contributed by atoms with Crippen LogP contribution in [-0.4, -0.2) is 0 Å². The predicted octanol–water partition coefficient (Wildman–Crippen LogP) is 5.67. The Balaban J connectivity index is 1.79. The Labute approximate surface area is 137 Å². The van der Waals surface area contributed by atoms with Crippen LogP contribution >= 0.6 is 0 Å². The molecule has 1 nitrogen and oxygen atoms in total. The molecule has 0 amide bonds. The van der Waals surface area contributed by atoms with Gasteiger partial charge in [-0.05, 0) is 42.2 Å². The van der Waals surface area contributed by atoms with Crippen molar-refractivity contribution in [2.75, 3.05) is 5.32 Å². The number of rotatable bonds is 1. The maximum atomic E-state index is 14.2. The molecule has 0 saturated carbocycles. The Morgan fingerprint density at radius 1 is 1.00 bits per heavy atom. The number of benzene rings is 2. The molecule has 4 rings (SSSR count). The van der Waals surface area contributed by atoms with Gasteiger partial charge in [-0.15, -0.1) is 0 Å². The quantitative estimate of drug-likeness (QED) is 0.524. The number of fused-ring (bicyclic) bond motifs is 3. The number of allylic oxidation sites excluding steroid dienone is 2. The summed E-state index contributed by atoms with van der Waals surface area (Å²) in [6.07, 6.45) is 0.264. The first-order valence-electron chi connectivity index (χ1n) is 7.84. The lowest BCUT2D eigenvalue weighted by molar-refractivity contribution is -0.137. The highest BCUT2D eigenvalue weighted by Crippen LogP contribution is 2.51. The van der Waals surface area contributed by atoms with Gasteiger partial charge in [-0.2, -0.15) is 13.2 Å². The lowest BCUT2D eigenvalue weighted by Crippen LogP contribution is -2.30. The van der Waals surface area contributed by atoms with E-state index >= 15 is 0 Å². The number of halogens is 4. The van der Waals surface area contributed by atoms with Crippen molar-refractivity contribution in [3.63, 3.8) is 0 Å². The fraction of sp³-hybridized carbons (Fsp3) is 0.263.